The standard InChI is InChI=1S/C20H38O8/c1-2-10-24-11-5-12-25-13-6-14-26-15-7-16-27-17-18-28-19(20(22)23)8-3-4-9-21/h8,21H,2-7,9-18H2,1H3,(H,22,23). The molecule has 0 aromatic heterocycles. The molecule has 28 heavy (non-hydrogen) atoms. The van der Waals surface area contributed by atoms with Crippen molar-refractivity contribution in [3.8, 4) is 0 Å². The van der Waals surface area contributed by atoms with Crippen molar-refractivity contribution in [2.24, 2.45) is 0 Å². The van der Waals surface area contributed by atoms with Crippen LogP contribution < -0.4 is 0 Å². The van der Waals surface area contributed by atoms with Crippen LogP contribution in [0.4, 0.5) is 0 Å². The highest BCUT2D eigenvalue weighted by Crippen LogP contribution is 2.02. The largest absolute Gasteiger partial charge is 0.484 e. The molecule has 0 spiro atoms. The van der Waals surface area contributed by atoms with Crippen molar-refractivity contribution in [3.63, 3.8) is 0 Å². The van der Waals surface area contributed by atoms with Crippen LogP contribution in [0.3, 0.4) is 0 Å². The molecule has 0 aromatic carbocycles. The van der Waals surface area contributed by atoms with Crippen molar-refractivity contribution in [2.75, 3.05) is 66.1 Å². The molecule has 8 heteroatoms. The Hall–Kier alpha value is -1.19. The third-order valence-electron chi connectivity index (χ3n) is 3.47. The molecule has 0 heterocycles. The highest BCUT2D eigenvalue weighted by atomic mass is 16.5. The number of aliphatic hydroxyl groups is 1. The van der Waals surface area contributed by atoms with E-state index in [1.165, 1.54) is 6.08 Å². The van der Waals surface area contributed by atoms with E-state index in [1.54, 1.807) is 0 Å². The Morgan fingerprint density at radius 3 is 1.71 bits per heavy atom. The number of carboxylic acids is 1. The van der Waals surface area contributed by atoms with Gasteiger partial charge in [-0.2, -0.15) is 0 Å². The van der Waals surface area contributed by atoms with Crippen LogP contribution in [0, 0.1) is 0 Å². The van der Waals surface area contributed by atoms with Gasteiger partial charge in [0.25, 0.3) is 0 Å². The smallest absolute Gasteiger partial charge is 0.370 e. The van der Waals surface area contributed by atoms with Crippen LogP contribution in [0.2, 0.25) is 0 Å². The molecule has 8 nitrogen and oxygen atoms in total. The van der Waals surface area contributed by atoms with Crippen LogP contribution in [0.25, 0.3) is 0 Å². The Kier molecular flexibility index (Phi) is 21.2. The zero-order valence-corrected chi connectivity index (χ0v) is 17.2. The minimum Gasteiger partial charge on any atom is -0.484 e. The number of ether oxygens (including phenoxy) is 5. The summed E-state index contributed by atoms with van der Waals surface area (Å²) in [6, 6.07) is 0. The lowest BCUT2D eigenvalue weighted by molar-refractivity contribution is -0.136. The second kappa shape index (κ2) is 22.1. The van der Waals surface area contributed by atoms with E-state index >= 15 is 0 Å². The number of rotatable bonds is 22. The van der Waals surface area contributed by atoms with Gasteiger partial charge in [-0.3, -0.25) is 0 Å². The molecular formula is C20H38O8. The maximum absolute atomic E-state index is 11.0. The van der Waals surface area contributed by atoms with Crippen LogP contribution in [-0.2, 0) is 28.5 Å². The van der Waals surface area contributed by atoms with Crippen LogP contribution in [-0.4, -0.2) is 82.3 Å². The summed E-state index contributed by atoms with van der Waals surface area (Å²) in [7, 11) is 0. The average molecular weight is 407 g/mol. The van der Waals surface area contributed by atoms with Crippen LogP contribution in [0.15, 0.2) is 11.8 Å². The van der Waals surface area contributed by atoms with Gasteiger partial charge in [0.15, 0.2) is 5.76 Å². The van der Waals surface area contributed by atoms with E-state index in [-0.39, 0.29) is 19.0 Å². The van der Waals surface area contributed by atoms with E-state index in [9.17, 15) is 4.79 Å². The minimum absolute atomic E-state index is 0.0240. The van der Waals surface area contributed by atoms with Crippen molar-refractivity contribution in [3.05, 3.63) is 11.8 Å². The van der Waals surface area contributed by atoms with Crippen molar-refractivity contribution in [1.82, 2.24) is 0 Å². The molecule has 0 rings (SSSR count). The second-order valence-corrected chi connectivity index (χ2v) is 6.10. The highest BCUT2D eigenvalue weighted by molar-refractivity contribution is 5.84. The molecule has 0 fully saturated rings. The molecule has 0 amide bonds. The summed E-state index contributed by atoms with van der Waals surface area (Å²) in [4.78, 5) is 11.0. The molecule has 0 bridgehead atoms. The lowest BCUT2D eigenvalue weighted by Crippen LogP contribution is -2.11. The Labute approximate surface area is 168 Å². The van der Waals surface area contributed by atoms with Gasteiger partial charge in [0.1, 0.15) is 6.61 Å². The number of aliphatic hydroxyl groups excluding tert-OH is 1. The van der Waals surface area contributed by atoms with Gasteiger partial charge in [0.05, 0.1) is 6.61 Å². The first-order valence-electron chi connectivity index (χ1n) is 10.2. The zero-order chi connectivity index (χ0) is 20.7. The minimum atomic E-state index is -1.11. The van der Waals surface area contributed by atoms with Crippen LogP contribution in [0.5, 0.6) is 0 Å². The summed E-state index contributed by atoms with van der Waals surface area (Å²) in [6.07, 6.45) is 6.06. The van der Waals surface area contributed by atoms with E-state index in [2.05, 4.69) is 6.92 Å². The van der Waals surface area contributed by atoms with E-state index in [0.717, 1.165) is 45.5 Å². The Bertz CT molecular complexity index is 373. The number of allylic oxidation sites excluding steroid dienone is 1. The Balaban J connectivity index is 3.30. The Morgan fingerprint density at radius 2 is 1.25 bits per heavy atom. The van der Waals surface area contributed by atoms with Crippen molar-refractivity contribution in [2.45, 2.75) is 45.4 Å². The van der Waals surface area contributed by atoms with E-state index in [1.807, 2.05) is 0 Å². The van der Waals surface area contributed by atoms with Gasteiger partial charge < -0.3 is 33.9 Å². The maximum atomic E-state index is 11.0. The third kappa shape index (κ3) is 19.6. The van der Waals surface area contributed by atoms with Gasteiger partial charge in [0, 0.05) is 52.9 Å². The summed E-state index contributed by atoms with van der Waals surface area (Å²) in [5.41, 5.74) is 0. The van der Waals surface area contributed by atoms with Gasteiger partial charge in [-0.1, -0.05) is 6.92 Å². The SMILES string of the molecule is CCCOCCCOCCCOCCCOCCOC(=CCCCO)C(=O)O. The van der Waals surface area contributed by atoms with Crippen LogP contribution in [0.1, 0.15) is 45.4 Å². The summed E-state index contributed by atoms with van der Waals surface area (Å²) in [5.74, 6) is -1.21. The monoisotopic (exact) mass is 406 g/mol. The Morgan fingerprint density at radius 1 is 0.750 bits per heavy atom. The quantitative estimate of drug-likeness (QED) is 0.160. The van der Waals surface area contributed by atoms with Gasteiger partial charge in [0.2, 0.25) is 0 Å². The highest BCUT2D eigenvalue weighted by Gasteiger charge is 2.07. The molecule has 0 aliphatic heterocycles. The first kappa shape index (κ1) is 26.8. The predicted molar refractivity (Wildman–Crippen MR) is 105 cm³/mol. The van der Waals surface area contributed by atoms with Crippen molar-refractivity contribution >= 4 is 5.97 Å². The molecule has 0 saturated heterocycles. The molecule has 0 atom stereocenters. The normalized spacial score (nSPS) is 11.7. The lowest BCUT2D eigenvalue weighted by Gasteiger charge is -2.08. The topological polar surface area (TPSA) is 104 Å². The van der Waals surface area contributed by atoms with E-state index in [0.29, 0.717) is 45.9 Å². The first-order chi connectivity index (χ1) is 13.7. The summed E-state index contributed by atoms with van der Waals surface area (Å²) >= 11 is 0. The fourth-order valence-corrected chi connectivity index (χ4v) is 2.08. The van der Waals surface area contributed by atoms with Gasteiger partial charge in [-0.05, 0) is 44.6 Å². The maximum Gasteiger partial charge on any atom is 0.370 e. The number of aliphatic carboxylic acids is 1. The molecule has 0 radical (unpaired) electrons. The predicted octanol–water partition coefficient (Wildman–Crippen LogP) is 2.39. The third-order valence-corrected chi connectivity index (χ3v) is 3.47. The van der Waals surface area contributed by atoms with Crippen molar-refractivity contribution in [1.29, 1.82) is 0 Å². The summed E-state index contributed by atoms with van der Waals surface area (Å²) < 4.78 is 26.9. The molecule has 0 unspecified atom stereocenters. The fourth-order valence-electron chi connectivity index (χ4n) is 2.08. The van der Waals surface area contributed by atoms with Crippen molar-refractivity contribution < 1.29 is 38.7 Å². The number of carboxylic acid groups (broad SMARTS) is 1. The summed E-state index contributed by atoms with van der Waals surface area (Å²) in [6.45, 7) is 7.42. The first-order valence-corrected chi connectivity index (χ1v) is 10.2. The van der Waals surface area contributed by atoms with Gasteiger partial charge in [-0.15, -0.1) is 0 Å². The van der Waals surface area contributed by atoms with Crippen LogP contribution >= 0.6 is 0 Å². The molecular weight excluding hydrogens is 368 g/mol. The molecule has 2 N–H and O–H groups in total. The lowest BCUT2D eigenvalue weighted by atomic mass is 10.3. The average Bonchev–Trinajstić information content (AvgIpc) is 2.68. The van der Waals surface area contributed by atoms with E-state index < -0.39 is 5.97 Å². The molecule has 0 aromatic rings. The second-order valence-electron chi connectivity index (χ2n) is 6.10. The van der Waals surface area contributed by atoms with E-state index in [4.69, 9.17) is 33.9 Å². The number of hydrogen-bond acceptors (Lipinski definition) is 7. The number of carbonyl (C=O) groups is 1. The number of hydrogen-bond donors (Lipinski definition) is 2. The number of unbranched alkanes of at least 4 members (excludes halogenated alkanes) is 1. The summed E-state index contributed by atoms with van der Waals surface area (Å²) in [5, 5.41) is 17.7. The molecule has 166 valence electrons. The van der Waals surface area contributed by atoms with Gasteiger partial charge in [-0.25, -0.2) is 4.79 Å². The fraction of sp³-hybridized carbons (Fsp3) is 0.850. The molecule has 0 aliphatic rings. The van der Waals surface area contributed by atoms with Gasteiger partial charge >= 0.3 is 5.97 Å². The zero-order valence-electron chi connectivity index (χ0n) is 17.2. The molecule has 0 aliphatic carbocycles. The molecule has 0 saturated carbocycles.